The van der Waals surface area contributed by atoms with Gasteiger partial charge in [-0.25, -0.2) is 4.79 Å². The molecule has 3 aromatic rings. The van der Waals surface area contributed by atoms with Gasteiger partial charge in [-0.1, -0.05) is 48.5 Å². The lowest BCUT2D eigenvalue weighted by molar-refractivity contribution is -0.118. The monoisotopic (exact) mass is 500 g/mol. The number of carbonyl (C=O) groups is 2. The normalized spacial score (nSPS) is 12.9. The number of anilines is 1. The minimum absolute atomic E-state index is 0. The van der Waals surface area contributed by atoms with Gasteiger partial charge in [0.15, 0.2) is 6.61 Å². The lowest BCUT2D eigenvalue weighted by Gasteiger charge is -2.27. The summed E-state index contributed by atoms with van der Waals surface area (Å²) in [6, 6.07) is 17.9. The lowest BCUT2D eigenvalue weighted by Crippen LogP contribution is -2.30. The Bertz CT molecular complexity index is 1130. The molecular formula is C26H29ClN2O4S. The first kappa shape index (κ1) is 25.7. The van der Waals surface area contributed by atoms with Crippen LogP contribution in [0.25, 0.3) is 0 Å². The summed E-state index contributed by atoms with van der Waals surface area (Å²) in [6.45, 7) is 6.29. The Labute approximate surface area is 210 Å². The standard InChI is InChI=1S/C26H28N2O4S.ClH/c1-3-31-26(30)24-20-13-14-28(15-19-10-5-4-6-11-19)16-22(20)33-25(24)27-23(29)17-32-21-12-8-7-9-18(21)2;/h4-12H,3,13-17H2,1-2H3,(H,27,29);1H. The van der Waals surface area contributed by atoms with Crippen molar-refractivity contribution in [3.05, 3.63) is 81.7 Å². The number of benzene rings is 2. The highest BCUT2D eigenvalue weighted by atomic mass is 35.5. The number of halogens is 1. The van der Waals surface area contributed by atoms with Crippen LogP contribution in [0.5, 0.6) is 5.75 Å². The largest absolute Gasteiger partial charge is 0.483 e. The summed E-state index contributed by atoms with van der Waals surface area (Å²) in [5, 5.41) is 3.44. The molecule has 0 saturated carbocycles. The number of aryl methyl sites for hydroxylation is 1. The van der Waals surface area contributed by atoms with Crippen molar-refractivity contribution in [2.24, 2.45) is 0 Å². The van der Waals surface area contributed by atoms with Crippen LogP contribution in [0.1, 0.15) is 38.8 Å². The molecule has 2 heterocycles. The Hall–Kier alpha value is -2.87. The molecule has 6 nitrogen and oxygen atoms in total. The van der Waals surface area contributed by atoms with E-state index < -0.39 is 0 Å². The Morgan fingerprint density at radius 1 is 1.09 bits per heavy atom. The van der Waals surface area contributed by atoms with E-state index in [4.69, 9.17) is 9.47 Å². The van der Waals surface area contributed by atoms with E-state index in [9.17, 15) is 9.59 Å². The van der Waals surface area contributed by atoms with Gasteiger partial charge < -0.3 is 14.8 Å². The molecule has 34 heavy (non-hydrogen) atoms. The third kappa shape index (κ3) is 6.17. The highest BCUT2D eigenvalue weighted by Crippen LogP contribution is 2.38. The topological polar surface area (TPSA) is 67.9 Å². The Kier molecular flexibility index (Phi) is 9.10. The van der Waals surface area contributed by atoms with Gasteiger partial charge in [-0.2, -0.15) is 0 Å². The van der Waals surface area contributed by atoms with Crippen LogP contribution in [0.3, 0.4) is 0 Å². The third-order valence-electron chi connectivity index (χ3n) is 5.57. The number of esters is 1. The lowest BCUT2D eigenvalue weighted by atomic mass is 10.0. The second-order valence-electron chi connectivity index (χ2n) is 7.98. The molecule has 0 atom stereocenters. The first-order valence-electron chi connectivity index (χ1n) is 11.1. The summed E-state index contributed by atoms with van der Waals surface area (Å²) >= 11 is 1.45. The average Bonchev–Trinajstić information content (AvgIpc) is 3.16. The van der Waals surface area contributed by atoms with Crippen LogP contribution >= 0.6 is 23.7 Å². The van der Waals surface area contributed by atoms with Gasteiger partial charge in [0.25, 0.3) is 5.91 Å². The van der Waals surface area contributed by atoms with Crippen LogP contribution in [0, 0.1) is 6.92 Å². The predicted octanol–water partition coefficient (Wildman–Crippen LogP) is 5.23. The van der Waals surface area contributed by atoms with Gasteiger partial charge in [0.2, 0.25) is 0 Å². The second-order valence-corrected chi connectivity index (χ2v) is 9.08. The van der Waals surface area contributed by atoms with Crippen LogP contribution in [0.15, 0.2) is 54.6 Å². The Morgan fingerprint density at radius 3 is 2.56 bits per heavy atom. The molecule has 0 aliphatic carbocycles. The van der Waals surface area contributed by atoms with Crippen LogP contribution in [0.2, 0.25) is 0 Å². The number of thiophene rings is 1. The molecule has 1 aromatic heterocycles. The van der Waals surface area contributed by atoms with Crippen molar-refractivity contribution < 1.29 is 19.1 Å². The first-order valence-corrected chi connectivity index (χ1v) is 11.9. The zero-order valence-electron chi connectivity index (χ0n) is 19.3. The minimum atomic E-state index is -0.387. The molecule has 0 unspecified atom stereocenters. The smallest absolute Gasteiger partial charge is 0.341 e. The van der Waals surface area contributed by atoms with E-state index in [-0.39, 0.29) is 37.5 Å². The zero-order chi connectivity index (χ0) is 23.2. The highest BCUT2D eigenvalue weighted by molar-refractivity contribution is 7.17. The van der Waals surface area contributed by atoms with Crippen molar-refractivity contribution in [1.29, 1.82) is 0 Å². The van der Waals surface area contributed by atoms with Gasteiger partial charge in [0, 0.05) is 24.5 Å². The summed E-state index contributed by atoms with van der Waals surface area (Å²) in [5.74, 6) is -0.0227. The third-order valence-corrected chi connectivity index (χ3v) is 6.70. The summed E-state index contributed by atoms with van der Waals surface area (Å²) in [6.07, 6.45) is 0.738. The molecule has 1 amide bonds. The molecule has 1 aliphatic rings. The van der Waals surface area contributed by atoms with Crippen LogP contribution in [-0.4, -0.2) is 36.5 Å². The van der Waals surface area contributed by atoms with Gasteiger partial charge in [0.1, 0.15) is 10.8 Å². The molecular weight excluding hydrogens is 472 g/mol. The molecule has 0 bridgehead atoms. The zero-order valence-corrected chi connectivity index (χ0v) is 21.0. The predicted molar refractivity (Wildman–Crippen MR) is 137 cm³/mol. The molecule has 1 aliphatic heterocycles. The maximum Gasteiger partial charge on any atom is 0.341 e. The molecule has 2 aromatic carbocycles. The Morgan fingerprint density at radius 2 is 1.82 bits per heavy atom. The van der Waals surface area contributed by atoms with Crippen molar-refractivity contribution >= 4 is 40.6 Å². The molecule has 0 fully saturated rings. The number of ether oxygens (including phenoxy) is 2. The van der Waals surface area contributed by atoms with E-state index in [0.717, 1.165) is 42.1 Å². The van der Waals surface area contributed by atoms with E-state index >= 15 is 0 Å². The van der Waals surface area contributed by atoms with Gasteiger partial charge in [-0.3, -0.25) is 9.69 Å². The fourth-order valence-corrected chi connectivity index (χ4v) is 5.26. The van der Waals surface area contributed by atoms with E-state index in [0.29, 0.717) is 16.3 Å². The molecule has 0 saturated heterocycles. The van der Waals surface area contributed by atoms with Crippen molar-refractivity contribution in [2.45, 2.75) is 33.4 Å². The number of rotatable bonds is 8. The number of para-hydroxylation sites is 1. The number of amides is 1. The fourth-order valence-electron chi connectivity index (χ4n) is 3.96. The molecule has 1 N–H and O–H groups in total. The maximum absolute atomic E-state index is 12.8. The van der Waals surface area contributed by atoms with Gasteiger partial charge in [-0.05, 0) is 43.0 Å². The summed E-state index contributed by atoms with van der Waals surface area (Å²) in [5.41, 5.74) is 3.69. The summed E-state index contributed by atoms with van der Waals surface area (Å²) in [7, 11) is 0. The van der Waals surface area contributed by atoms with Gasteiger partial charge in [0.05, 0.1) is 12.2 Å². The van der Waals surface area contributed by atoms with Crippen LogP contribution < -0.4 is 10.1 Å². The molecule has 0 radical (unpaired) electrons. The van der Waals surface area contributed by atoms with Crippen LogP contribution in [0.4, 0.5) is 5.00 Å². The molecule has 0 spiro atoms. The maximum atomic E-state index is 12.8. The quantitative estimate of drug-likeness (QED) is 0.429. The number of hydrogen-bond acceptors (Lipinski definition) is 6. The van der Waals surface area contributed by atoms with Crippen molar-refractivity contribution in [3.8, 4) is 5.75 Å². The number of hydrogen-bond donors (Lipinski definition) is 1. The van der Waals surface area contributed by atoms with Crippen molar-refractivity contribution in [2.75, 3.05) is 25.1 Å². The number of nitrogens with zero attached hydrogens (tertiary/aromatic N) is 1. The van der Waals surface area contributed by atoms with E-state index in [1.165, 1.54) is 16.9 Å². The Balaban J connectivity index is 0.00000324. The van der Waals surface area contributed by atoms with Crippen molar-refractivity contribution in [3.63, 3.8) is 0 Å². The molecule has 180 valence electrons. The minimum Gasteiger partial charge on any atom is -0.483 e. The van der Waals surface area contributed by atoms with Crippen LogP contribution in [-0.2, 0) is 29.0 Å². The fraction of sp³-hybridized carbons (Fsp3) is 0.308. The number of carbonyl (C=O) groups excluding carboxylic acids is 2. The summed E-state index contributed by atoms with van der Waals surface area (Å²) < 4.78 is 11.0. The van der Waals surface area contributed by atoms with E-state index in [1.807, 2.05) is 49.4 Å². The van der Waals surface area contributed by atoms with E-state index in [2.05, 4.69) is 22.3 Å². The molecule has 4 rings (SSSR count). The second kappa shape index (κ2) is 12.0. The first-order chi connectivity index (χ1) is 16.0. The average molecular weight is 501 g/mol. The van der Waals surface area contributed by atoms with Crippen molar-refractivity contribution in [1.82, 2.24) is 4.90 Å². The SMILES string of the molecule is CCOC(=O)c1c(NC(=O)COc2ccccc2C)sc2c1CCN(Cc1ccccc1)C2.Cl. The van der Waals surface area contributed by atoms with Gasteiger partial charge >= 0.3 is 5.97 Å². The highest BCUT2D eigenvalue weighted by Gasteiger charge is 2.29. The molecule has 8 heteroatoms. The van der Waals surface area contributed by atoms with E-state index in [1.54, 1.807) is 6.92 Å². The number of nitrogens with one attached hydrogen (secondary N) is 1. The van der Waals surface area contributed by atoms with Gasteiger partial charge in [-0.15, -0.1) is 23.7 Å². The number of fused-ring (bicyclic) bond motifs is 1. The summed E-state index contributed by atoms with van der Waals surface area (Å²) in [4.78, 5) is 28.9.